The van der Waals surface area contributed by atoms with Gasteiger partial charge >= 0.3 is 5.97 Å². The highest BCUT2D eigenvalue weighted by atomic mass is 32.3. The monoisotopic (exact) mass is 516 g/mol. The van der Waals surface area contributed by atoms with E-state index in [4.69, 9.17) is 14.9 Å². The SMILES string of the molecule is CCOc1cc(C=C2C(=N)N3N=C(S(C)(=O)=O)SC3=NC2=O)ccc1OC(=O)c1ccc(F)cc1. The summed E-state index contributed by atoms with van der Waals surface area (Å²) in [6.07, 6.45) is 2.34. The lowest BCUT2D eigenvalue weighted by molar-refractivity contribution is -0.114. The Morgan fingerprint density at radius 1 is 1.20 bits per heavy atom. The van der Waals surface area contributed by atoms with Crippen LogP contribution in [0.4, 0.5) is 4.39 Å². The summed E-state index contributed by atoms with van der Waals surface area (Å²) in [5, 5.41) is 13.2. The van der Waals surface area contributed by atoms with Gasteiger partial charge in [0.2, 0.25) is 19.4 Å². The minimum absolute atomic E-state index is 0.0179. The predicted octanol–water partition coefficient (Wildman–Crippen LogP) is 3.06. The number of hydrogen-bond donors (Lipinski definition) is 1. The number of carbonyl (C=O) groups excluding carboxylic acids is 2. The van der Waals surface area contributed by atoms with Gasteiger partial charge in [-0.2, -0.15) is 10.0 Å². The Hall–Kier alpha value is -3.84. The third-order valence-corrected chi connectivity index (χ3v) is 7.19. The zero-order valence-electron chi connectivity index (χ0n) is 18.3. The highest BCUT2D eigenvalue weighted by molar-refractivity contribution is 8.42. The predicted molar refractivity (Wildman–Crippen MR) is 129 cm³/mol. The van der Waals surface area contributed by atoms with Crippen molar-refractivity contribution in [2.24, 2.45) is 10.1 Å². The maximum Gasteiger partial charge on any atom is 0.343 e. The van der Waals surface area contributed by atoms with Crippen molar-refractivity contribution in [2.45, 2.75) is 6.92 Å². The molecule has 0 unspecified atom stereocenters. The van der Waals surface area contributed by atoms with Gasteiger partial charge in [0.25, 0.3) is 5.91 Å². The van der Waals surface area contributed by atoms with Crippen molar-refractivity contribution in [3.63, 3.8) is 0 Å². The number of benzene rings is 2. The van der Waals surface area contributed by atoms with E-state index in [1.54, 1.807) is 6.92 Å². The van der Waals surface area contributed by atoms with Crippen LogP contribution >= 0.6 is 11.8 Å². The van der Waals surface area contributed by atoms with Gasteiger partial charge in [-0.05, 0) is 66.7 Å². The number of nitrogens with one attached hydrogen (secondary N) is 1. The number of ether oxygens (including phenoxy) is 2. The number of rotatable bonds is 5. The molecule has 1 amide bonds. The first kappa shape index (κ1) is 24.3. The van der Waals surface area contributed by atoms with Crippen molar-refractivity contribution in [1.29, 1.82) is 5.41 Å². The molecule has 180 valence electrons. The molecular formula is C22H17FN4O6S2. The van der Waals surface area contributed by atoms with Gasteiger partial charge in [-0.1, -0.05) is 6.07 Å². The number of thioether (sulfide) groups is 1. The molecule has 2 aromatic rings. The summed E-state index contributed by atoms with van der Waals surface area (Å²) < 4.78 is 47.4. The molecule has 0 atom stereocenters. The van der Waals surface area contributed by atoms with Crippen LogP contribution in [0.1, 0.15) is 22.8 Å². The molecule has 0 radical (unpaired) electrons. The molecule has 2 heterocycles. The second kappa shape index (κ2) is 9.43. The van der Waals surface area contributed by atoms with Crippen molar-refractivity contribution in [1.82, 2.24) is 5.01 Å². The molecule has 13 heteroatoms. The summed E-state index contributed by atoms with van der Waals surface area (Å²) in [7, 11) is -3.64. The minimum Gasteiger partial charge on any atom is -0.490 e. The van der Waals surface area contributed by atoms with Gasteiger partial charge in [-0.15, -0.1) is 5.10 Å². The van der Waals surface area contributed by atoms with E-state index in [2.05, 4.69) is 10.1 Å². The van der Waals surface area contributed by atoms with Gasteiger partial charge < -0.3 is 9.47 Å². The number of hydrazone groups is 1. The van der Waals surface area contributed by atoms with E-state index in [-0.39, 0.29) is 44.6 Å². The van der Waals surface area contributed by atoms with Crippen LogP contribution in [-0.4, -0.2) is 53.5 Å². The number of fused-ring (bicyclic) bond motifs is 1. The maximum atomic E-state index is 13.1. The molecule has 1 N–H and O–H groups in total. The number of sulfone groups is 1. The third kappa shape index (κ3) is 5.15. The number of carbonyl (C=O) groups is 2. The van der Waals surface area contributed by atoms with Crippen molar-refractivity contribution in [2.75, 3.05) is 12.9 Å². The van der Waals surface area contributed by atoms with E-state index in [0.717, 1.165) is 23.4 Å². The van der Waals surface area contributed by atoms with Gasteiger partial charge in [-0.25, -0.2) is 17.6 Å². The number of amides is 1. The zero-order chi connectivity index (χ0) is 25.3. The van der Waals surface area contributed by atoms with Crippen molar-refractivity contribution in [3.05, 3.63) is 65.0 Å². The Labute approximate surface area is 203 Å². The first-order chi connectivity index (χ1) is 16.6. The molecular weight excluding hydrogens is 499 g/mol. The lowest BCUT2D eigenvalue weighted by Gasteiger charge is -2.20. The molecule has 0 fully saturated rings. The summed E-state index contributed by atoms with van der Waals surface area (Å²) in [5.74, 6) is -1.97. The topological polar surface area (TPSA) is 139 Å². The Bertz CT molecular complexity index is 1450. The number of halogens is 1. The third-order valence-electron chi connectivity index (χ3n) is 4.61. The molecule has 35 heavy (non-hydrogen) atoms. The first-order valence-electron chi connectivity index (χ1n) is 10.0. The summed E-state index contributed by atoms with van der Waals surface area (Å²) in [6, 6.07) is 9.36. The number of hydrogen-bond acceptors (Lipinski definition) is 9. The normalized spacial score (nSPS) is 16.7. The van der Waals surface area contributed by atoms with Crippen molar-refractivity contribution >= 4 is 54.9 Å². The maximum absolute atomic E-state index is 13.1. The molecule has 2 aromatic carbocycles. The van der Waals surface area contributed by atoms with Crippen molar-refractivity contribution < 1.29 is 31.9 Å². The Morgan fingerprint density at radius 2 is 1.91 bits per heavy atom. The van der Waals surface area contributed by atoms with Gasteiger partial charge in [-0.3, -0.25) is 10.2 Å². The molecule has 0 saturated heterocycles. The van der Waals surface area contributed by atoms with Crippen molar-refractivity contribution in [3.8, 4) is 11.5 Å². The zero-order valence-corrected chi connectivity index (χ0v) is 19.9. The van der Waals surface area contributed by atoms with Gasteiger partial charge in [0.15, 0.2) is 17.3 Å². The summed E-state index contributed by atoms with van der Waals surface area (Å²) in [6.45, 7) is 1.98. The highest BCUT2D eigenvalue weighted by Gasteiger charge is 2.38. The van der Waals surface area contributed by atoms with Crippen LogP contribution in [0.3, 0.4) is 0 Å². The van der Waals surface area contributed by atoms with Crippen LogP contribution < -0.4 is 9.47 Å². The number of amidine groups is 2. The van der Waals surface area contributed by atoms with Gasteiger partial charge in [0, 0.05) is 6.26 Å². The summed E-state index contributed by atoms with van der Waals surface area (Å²) >= 11 is 0.693. The quantitative estimate of drug-likeness (QED) is 0.364. The van der Waals surface area contributed by atoms with Crippen LogP contribution in [0.25, 0.3) is 6.08 Å². The second-order valence-corrected chi connectivity index (χ2v) is 10.3. The molecule has 2 aliphatic heterocycles. The molecule has 4 rings (SSSR count). The summed E-state index contributed by atoms with van der Waals surface area (Å²) in [4.78, 5) is 28.8. The average Bonchev–Trinajstić information content (AvgIpc) is 3.23. The van der Waals surface area contributed by atoms with Gasteiger partial charge in [0.05, 0.1) is 17.7 Å². The first-order valence-corrected chi connectivity index (χ1v) is 12.7. The molecule has 0 saturated carbocycles. The van der Waals surface area contributed by atoms with Crippen LogP contribution in [0.5, 0.6) is 11.5 Å². The van der Waals surface area contributed by atoms with E-state index in [1.807, 2.05) is 0 Å². The molecule has 0 bridgehead atoms. The standard InChI is InChI=1S/C22H17FN4O6S2/c1-3-32-17-11-12(4-9-16(17)33-20(29)13-5-7-14(23)8-6-13)10-15-18(24)27-21(25-19(15)28)34-22(26-27)35(2,30)31/h4-11,24H,3H2,1-2H3. The fourth-order valence-electron chi connectivity index (χ4n) is 3.00. The highest BCUT2D eigenvalue weighted by Crippen LogP contribution is 2.33. The molecule has 0 spiro atoms. The van der Waals surface area contributed by atoms with E-state index in [0.29, 0.717) is 17.3 Å². The molecule has 0 aliphatic carbocycles. The Kier molecular flexibility index (Phi) is 6.54. The molecule has 0 aromatic heterocycles. The van der Waals surface area contributed by atoms with Crippen LogP contribution in [0.2, 0.25) is 0 Å². The van der Waals surface area contributed by atoms with E-state index in [1.165, 1.54) is 36.4 Å². The Morgan fingerprint density at radius 3 is 2.57 bits per heavy atom. The van der Waals surface area contributed by atoms with Crippen LogP contribution in [-0.2, 0) is 14.6 Å². The van der Waals surface area contributed by atoms with E-state index in [9.17, 15) is 22.4 Å². The molecule has 2 aliphatic rings. The minimum atomic E-state index is -3.64. The van der Waals surface area contributed by atoms with E-state index < -0.39 is 27.5 Å². The fourth-order valence-corrected chi connectivity index (χ4v) is 4.69. The number of nitrogens with zero attached hydrogens (tertiary/aromatic N) is 3. The number of aliphatic imine (C=N–C) groups is 1. The van der Waals surface area contributed by atoms with Crippen LogP contribution in [0.15, 0.2) is 58.1 Å². The van der Waals surface area contributed by atoms with Crippen LogP contribution in [0, 0.1) is 11.2 Å². The van der Waals surface area contributed by atoms with Gasteiger partial charge in [0.1, 0.15) is 5.82 Å². The average molecular weight is 517 g/mol. The number of esters is 1. The van der Waals surface area contributed by atoms with E-state index >= 15 is 0 Å². The molecule has 10 nitrogen and oxygen atoms in total. The lowest BCUT2D eigenvalue weighted by atomic mass is 10.1. The summed E-state index contributed by atoms with van der Waals surface area (Å²) in [5.41, 5.74) is 0.458. The smallest absolute Gasteiger partial charge is 0.343 e. The largest absolute Gasteiger partial charge is 0.490 e. The Balaban J connectivity index is 1.62. The fraction of sp³-hybridized carbons (Fsp3) is 0.136. The second-order valence-electron chi connectivity index (χ2n) is 7.19. The lowest BCUT2D eigenvalue weighted by Crippen LogP contribution is -2.35.